The number of phenolic OH excluding ortho intramolecular Hbond substituents is 2. The van der Waals surface area contributed by atoms with Gasteiger partial charge < -0.3 is 15.3 Å². The number of hydrogen-bond acceptors (Lipinski definition) is 4. The van der Waals surface area contributed by atoms with Crippen molar-refractivity contribution in [1.29, 1.82) is 0 Å². The van der Waals surface area contributed by atoms with E-state index in [0.29, 0.717) is 16.7 Å². The molecule has 0 heterocycles. The van der Waals surface area contributed by atoms with Gasteiger partial charge in [-0.25, -0.2) is 4.79 Å². The first kappa shape index (κ1) is 22.2. The monoisotopic (exact) mass is 461 g/mol. The Morgan fingerprint density at radius 3 is 2.11 bits per heavy atom. The van der Waals surface area contributed by atoms with E-state index in [1.165, 1.54) is 6.21 Å². The molecule has 0 aromatic heterocycles. The highest BCUT2D eigenvalue weighted by molar-refractivity contribution is 6.12. The summed E-state index contributed by atoms with van der Waals surface area (Å²) in [5.41, 5.74) is 2.24. The number of carboxylic acid groups (broad SMARTS) is 1. The highest BCUT2D eigenvalue weighted by Crippen LogP contribution is 2.45. The summed E-state index contributed by atoms with van der Waals surface area (Å²) < 4.78 is 0. The summed E-state index contributed by atoms with van der Waals surface area (Å²) in [5, 5.41) is 35.4. The number of nitrogens with zero attached hydrogens (tertiary/aromatic N) is 1. The maximum Gasteiger partial charge on any atom is 0.328 e. The van der Waals surface area contributed by atoms with Crippen molar-refractivity contribution in [2.45, 2.75) is 12.5 Å². The van der Waals surface area contributed by atoms with Crippen LogP contribution in [0.1, 0.15) is 11.1 Å². The van der Waals surface area contributed by atoms with E-state index >= 15 is 0 Å². The Bertz CT molecular complexity index is 1570. The van der Waals surface area contributed by atoms with Crippen LogP contribution < -0.4 is 0 Å². The zero-order valence-corrected chi connectivity index (χ0v) is 18.8. The van der Waals surface area contributed by atoms with Crippen LogP contribution in [0.3, 0.4) is 0 Å². The van der Waals surface area contributed by atoms with Crippen LogP contribution in [0.25, 0.3) is 32.7 Å². The summed E-state index contributed by atoms with van der Waals surface area (Å²) in [5.74, 6) is -1.06. The number of fused-ring (bicyclic) bond motifs is 2. The van der Waals surface area contributed by atoms with Gasteiger partial charge in [0, 0.05) is 29.3 Å². The van der Waals surface area contributed by atoms with Crippen molar-refractivity contribution >= 4 is 33.7 Å². The molecule has 5 aromatic rings. The fourth-order valence-electron chi connectivity index (χ4n) is 4.44. The molecule has 172 valence electrons. The molecule has 3 N–H and O–H groups in total. The minimum absolute atomic E-state index is 0.0470. The van der Waals surface area contributed by atoms with Gasteiger partial charge in [0.05, 0.1) is 0 Å². The Labute approximate surface area is 202 Å². The molecular weight excluding hydrogens is 438 g/mol. The molecule has 5 rings (SSSR count). The van der Waals surface area contributed by atoms with Crippen LogP contribution in [-0.2, 0) is 11.2 Å². The molecule has 0 aliphatic heterocycles. The van der Waals surface area contributed by atoms with E-state index in [0.717, 1.165) is 27.1 Å². The molecule has 0 spiro atoms. The summed E-state index contributed by atoms with van der Waals surface area (Å²) in [6.45, 7) is 0. The molecule has 5 aromatic carbocycles. The second-order valence-electron chi connectivity index (χ2n) is 8.41. The van der Waals surface area contributed by atoms with Crippen LogP contribution in [0.5, 0.6) is 11.5 Å². The fraction of sp³-hybridized carbons (Fsp3) is 0.0667. The zero-order chi connectivity index (χ0) is 24.4. The molecule has 0 amide bonds. The summed E-state index contributed by atoms with van der Waals surface area (Å²) in [4.78, 5) is 16.2. The van der Waals surface area contributed by atoms with Crippen LogP contribution in [0.15, 0.2) is 102 Å². The largest absolute Gasteiger partial charge is 0.507 e. The molecular formula is C30H23NO4. The smallest absolute Gasteiger partial charge is 0.328 e. The Kier molecular flexibility index (Phi) is 5.90. The van der Waals surface area contributed by atoms with E-state index < -0.39 is 12.0 Å². The quantitative estimate of drug-likeness (QED) is 0.263. The number of benzene rings is 5. The number of hydrogen-bond donors (Lipinski definition) is 3. The predicted octanol–water partition coefficient (Wildman–Crippen LogP) is 6.19. The average Bonchev–Trinajstić information content (AvgIpc) is 2.88. The Morgan fingerprint density at radius 2 is 1.40 bits per heavy atom. The first-order valence-electron chi connectivity index (χ1n) is 11.3. The highest BCUT2D eigenvalue weighted by atomic mass is 16.4. The van der Waals surface area contributed by atoms with E-state index in [1.807, 2.05) is 84.9 Å². The molecule has 0 radical (unpaired) electrons. The van der Waals surface area contributed by atoms with Gasteiger partial charge in [-0.05, 0) is 39.2 Å². The average molecular weight is 462 g/mol. The van der Waals surface area contributed by atoms with Crippen LogP contribution in [0, 0.1) is 0 Å². The number of phenols is 2. The summed E-state index contributed by atoms with van der Waals surface area (Å²) in [6.07, 6.45) is 1.65. The fourth-order valence-corrected chi connectivity index (χ4v) is 4.44. The standard InChI is InChI=1S/C30H23NO4/c32-26-15-14-20-10-4-6-12-23(20)27(26)28-24-13-7-5-11-21(24)17-22(29(28)33)18-31-25(30(34)35)16-19-8-2-1-3-9-19/h1-15,17-18,25,32-33H,16H2,(H,34,35)/t25-/m0/s1. The lowest BCUT2D eigenvalue weighted by Gasteiger charge is -2.16. The van der Waals surface area contributed by atoms with Gasteiger partial charge in [-0.15, -0.1) is 0 Å². The minimum Gasteiger partial charge on any atom is -0.507 e. The van der Waals surface area contributed by atoms with E-state index in [-0.39, 0.29) is 17.9 Å². The van der Waals surface area contributed by atoms with Crippen LogP contribution in [0.2, 0.25) is 0 Å². The molecule has 0 aliphatic rings. The number of carboxylic acids is 1. The molecule has 5 nitrogen and oxygen atoms in total. The van der Waals surface area contributed by atoms with Crippen molar-refractivity contribution < 1.29 is 20.1 Å². The molecule has 0 bridgehead atoms. The number of aliphatic carboxylic acids is 1. The molecule has 35 heavy (non-hydrogen) atoms. The lowest BCUT2D eigenvalue weighted by Crippen LogP contribution is -2.20. The minimum atomic E-state index is -1.04. The number of aromatic hydroxyl groups is 2. The van der Waals surface area contributed by atoms with Crippen LogP contribution in [-0.4, -0.2) is 33.5 Å². The lowest BCUT2D eigenvalue weighted by molar-refractivity contribution is -0.138. The molecule has 0 fully saturated rings. The van der Waals surface area contributed by atoms with Crippen molar-refractivity contribution in [2.24, 2.45) is 4.99 Å². The van der Waals surface area contributed by atoms with Crippen molar-refractivity contribution in [3.8, 4) is 22.6 Å². The second-order valence-corrected chi connectivity index (χ2v) is 8.41. The molecule has 0 aliphatic carbocycles. The Hall–Kier alpha value is -4.64. The maximum absolute atomic E-state index is 11.9. The zero-order valence-electron chi connectivity index (χ0n) is 18.8. The Balaban J connectivity index is 1.68. The third-order valence-corrected chi connectivity index (χ3v) is 6.16. The van der Waals surface area contributed by atoms with Crippen molar-refractivity contribution in [3.05, 3.63) is 108 Å². The Morgan fingerprint density at radius 1 is 0.771 bits per heavy atom. The first-order valence-corrected chi connectivity index (χ1v) is 11.3. The second kappa shape index (κ2) is 9.31. The summed E-state index contributed by atoms with van der Waals surface area (Å²) in [7, 11) is 0. The molecule has 5 heteroatoms. The predicted molar refractivity (Wildman–Crippen MR) is 139 cm³/mol. The van der Waals surface area contributed by atoms with E-state index in [9.17, 15) is 20.1 Å². The van der Waals surface area contributed by atoms with Gasteiger partial charge in [-0.2, -0.15) is 0 Å². The third-order valence-electron chi connectivity index (χ3n) is 6.16. The van der Waals surface area contributed by atoms with Gasteiger partial charge in [0.25, 0.3) is 0 Å². The lowest BCUT2D eigenvalue weighted by atomic mass is 9.90. The van der Waals surface area contributed by atoms with Gasteiger partial charge in [0.1, 0.15) is 11.5 Å². The van der Waals surface area contributed by atoms with Crippen molar-refractivity contribution in [3.63, 3.8) is 0 Å². The van der Waals surface area contributed by atoms with Gasteiger partial charge >= 0.3 is 5.97 Å². The van der Waals surface area contributed by atoms with E-state index in [4.69, 9.17) is 0 Å². The topological polar surface area (TPSA) is 90.1 Å². The third kappa shape index (κ3) is 4.32. The summed E-state index contributed by atoms with van der Waals surface area (Å²) in [6, 6.07) is 28.8. The number of carbonyl (C=O) groups is 1. The van der Waals surface area contributed by atoms with Gasteiger partial charge in [0.15, 0.2) is 6.04 Å². The van der Waals surface area contributed by atoms with Crippen molar-refractivity contribution in [2.75, 3.05) is 0 Å². The van der Waals surface area contributed by atoms with Crippen LogP contribution in [0.4, 0.5) is 0 Å². The number of aliphatic imine (C=N–C) groups is 1. The molecule has 0 saturated heterocycles. The highest BCUT2D eigenvalue weighted by Gasteiger charge is 2.20. The van der Waals surface area contributed by atoms with E-state index in [1.54, 1.807) is 12.1 Å². The van der Waals surface area contributed by atoms with Gasteiger partial charge in [0.2, 0.25) is 0 Å². The number of rotatable bonds is 6. The normalized spacial score (nSPS) is 12.3. The van der Waals surface area contributed by atoms with Crippen LogP contribution >= 0.6 is 0 Å². The van der Waals surface area contributed by atoms with Gasteiger partial charge in [-0.3, -0.25) is 4.99 Å². The van der Waals surface area contributed by atoms with Gasteiger partial charge in [-0.1, -0.05) is 84.9 Å². The van der Waals surface area contributed by atoms with E-state index in [2.05, 4.69) is 4.99 Å². The first-order chi connectivity index (χ1) is 17.0. The van der Waals surface area contributed by atoms with Crippen molar-refractivity contribution in [1.82, 2.24) is 0 Å². The summed E-state index contributed by atoms with van der Waals surface area (Å²) >= 11 is 0. The SMILES string of the molecule is O=C(O)[C@H](Cc1ccccc1)N=Cc1cc2ccccc2c(-c2c(O)ccc3ccccc23)c1O. The molecule has 1 atom stereocenters. The molecule has 0 unspecified atom stereocenters. The maximum atomic E-state index is 11.9. The molecule has 0 saturated carbocycles.